The average Bonchev–Trinajstić information content (AvgIpc) is 3.06. The van der Waals surface area contributed by atoms with Crippen molar-refractivity contribution in [3.63, 3.8) is 0 Å². The largest absolute Gasteiger partial charge is 0.344 e. The van der Waals surface area contributed by atoms with E-state index in [-0.39, 0.29) is 0 Å². The number of fused-ring (bicyclic) bond motifs is 1. The van der Waals surface area contributed by atoms with Crippen LogP contribution in [0.4, 0.5) is 0 Å². The van der Waals surface area contributed by atoms with Crippen molar-refractivity contribution >= 4 is 21.1 Å². The van der Waals surface area contributed by atoms with Gasteiger partial charge in [-0.25, -0.2) is 4.72 Å². The van der Waals surface area contributed by atoms with Gasteiger partial charge in [0.2, 0.25) is 0 Å². The third-order valence-electron chi connectivity index (χ3n) is 5.16. The number of nitrogens with zero attached hydrogens (tertiary/aromatic N) is 3. The molecule has 0 amide bonds. The fraction of sp³-hybridized carbons (Fsp3) is 0.381. The van der Waals surface area contributed by atoms with Crippen LogP contribution < -0.4 is 4.72 Å². The van der Waals surface area contributed by atoms with Crippen LogP contribution >= 0.6 is 0 Å². The van der Waals surface area contributed by atoms with Crippen molar-refractivity contribution in [2.45, 2.75) is 32.7 Å². The summed E-state index contributed by atoms with van der Waals surface area (Å²) < 4.78 is 30.0. The van der Waals surface area contributed by atoms with Crippen LogP contribution in [0.1, 0.15) is 31.9 Å². The Kier molecular flexibility index (Phi) is 6.17. The molecule has 2 heterocycles. The van der Waals surface area contributed by atoms with Gasteiger partial charge in [0.25, 0.3) is 10.2 Å². The standard InChI is InChI=1S/C21H28N4O2S/c1-5-16(2)25-15-19(10-13-23-28(26,27)24(3)4)20-7-6-18(14-21(20)25)17-8-11-22-12-9-17/h6-9,11-12,14-16,23H,5,10,13H2,1-4H3. The number of benzene rings is 1. The molecule has 2 aromatic heterocycles. The number of aromatic nitrogens is 2. The van der Waals surface area contributed by atoms with E-state index in [1.165, 1.54) is 29.3 Å². The van der Waals surface area contributed by atoms with Crippen LogP contribution in [0.3, 0.4) is 0 Å². The number of hydrogen-bond donors (Lipinski definition) is 1. The topological polar surface area (TPSA) is 67.2 Å². The molecular weight excluding hydrogens is 372 g/mol. The molecule has 0 bridgehead atoms. The van der Waals surface area contributed by atoms with Gasteiger partial charge in [-0.1, -0.05) is 19.1 Å². The molecule has 7 heteroatoms. The van der Waals surface area contributed by atoms with Gasteiger partial charge in [0.1, 0.15) is 0 Å². The second-order valence-corrected chi connectivity index (χ2v) is 9.19. The Morgan fingerprint density at radius 2 is 1.86 bits per heavy atom. The Bertz CT molecular complexity index is 1040. The van der Waals surface area contributed by atoms with E-state index in [4.69, 9.17) is 0 Å². The van der Waals surface area contributed by atoms with Crippen molar-refractivity contribution in [2.24, 2.45) is 0 Å². The van der Waals surface area contributed by atoms with E-state index < -0.39 is 10.2 Å². The van der Waals surface area contributed by atoms with Gasteiger partial charge in [-0.05, 0) is 54.7 Å². The van der Waals surface area contributed by atoms with Crippen LogP contribution in [0.5, 0.6) is 0 Å². The van der Waals surface area contributed by atoms with Crippen LogP contribution in [0.15, 0.2) is 48.9 Å². The molecule has 1 aromatic carbocycles. The first-order valence-electron chi connectivity index (χ1n) is 9.54. The lowest BCUT2D eigenvalue weighted by atomic mass is 10.0. The van der Waals surface area contributed by atoms with Gasteiger partial charge in [-0.15, -0.1) is 0 Å². The molecule has 28 heavy (non-hydrogen) atoms. The van der Waals surface area contributed by atoms with Gasteiger partial charge >= 0.3 is 0 Å². The first-order valence-corrected chi connectivity index (χ1v) is 11.0. The highest BCUT2D eigenvalue weighted by atomic mass is 32.2. The Labute approximate surface area is 167 Å². The van der Waals surface area contributed by atoms with Gasteiger partial charge < -0.3 is 4.57 Å². The minimum Gasteiger partial charge on any atom is -0.344 e. The molecule has 1 atom stereocenters. The molecule has 3 rings (SSSR count). The second-order valence-electron chi connectivity index (χ2n) is 7.22. The Morgan fingerprint density at radius 3 is 2.50 bits per heavy atom. The first kappa shape index (κ1) is 20.5. The van der Waals surface area contributed by atoms with E-state index in [1.807, 2.05) is 12.1 Å². The smallest absolute Gasteiger partial charge is 0.278 e. The monoisotopic (exact) mass is 400 g/mol. The van der Waals surface area contributed by atoms with E-state index in [2.05, 4.69) is 52.5 Å². The molecule has 0 saturated carbocycles. The van der Waals surface area contributed by atoms with Crippen molar-refractivity contribution in [1.29, 1.82) is 0 Å². The molecule has 0 aliphatic heterocycles. The first-order chi connectivity index (χ1) is 13.3. The maximum Gasteiger partial charge on any atom is 0.278 e. The van der Waals surface area contributed by atoms with Crippen LogP contribution in [-0.4, -0.2) is 42.9 Å². The van der Waals surface area contributed by atoms with Crippen molar-refractivity contribution in [1.82, 2.24) is 18.6 Å². The zero-order valence-electron chi connectivity index (χ0n) is 16.9. The van der Waals surface area contributed by atoms with E-state index >= 15 is 0 Å². The molecule has 0 fully saturated rings. The summed E-state index contributed by atoms with van der Waals surface area (Å²) in [6, 6.07) is 10.8. The van der Waals surface area contributed by atoms with Crippen molar-refractivity contribution < 1.29 is 8.42 Å². The number of hydrogen-bond acceptors (Lipinski definition) is 3. The lowest BCUT2D eigenvalue weighted by molar-refractivity contribution is 0.505. The summed E-state index contributed by atoms with van der Waals surface area (Å²) in [5.41, 5.74) is 4.61. The third kappa shape index (κ3) is 4.27. The normalized spacial score (nSPS) is 13.3. The summed E-state index contributed by atoms with van der Waals surface area (Å²) in [5, 5.41) is 1.17. The molecule has 0 aliphatic carbocycles. The van der Waals surface area contributed by atoms with E-state index in [0.717, 1.165) is 23.1 Å². The predicted octanol–water partition coefficient (Wildman–Crippen LogP) is 3.61. The van der Waals surface area contributed by atoms with Crippen molar-refractivity contribution in [2.75, 3.05) is 20.6 Å². The maximum atomic E-state index is 11.9. The Balaban J connectivity index is 1.95. The van der Waals surface area contributed by atoms with Crippen LogP contribution in [0.2, 0.25) is 0 Å². The van der Waals surface area contributed by atoms with Gasteiger partial charge in [-0.3, -0.25) is 4.98 Å². The minimum atomic E-state index is -3.41. The summed E-state index contributed by atoms with van der Waals surface area (Å²) in [6.45, 7) is 4.75. The Morgan fingerprint density at radius 1 is 1.14 bits per heavy atom. The number of rotatable bonds is 8. The summed E-state index contributed by atoms with van der Waals surface area (Å²) in [4.78, 5) is 4.10. The highest BCUT2D eigenvalue weighted by Crippen LogP contribution is 2.30. The summed E-state index contributed by atoms with van der Waals surface area (Å²) in [6.07, 6.45) is 7.43. The summed E-state index contributed by atoms with van der Waals surface area (Å²) in [7, 11) is -0.357. The fourth-order valence-corrected chi connectivity index (χ4v) is 3.87. The lowest BCUT2D eigenvalue weighted by Crippen LogP contribution is -2.36. The third-order valence-corrected chi connectivity index (χ3v) is 6.69. The zero-order valence-corrected chi connectivity index (χ0v) is 17.7. The van der Waals surface area contributed by atoms with Crippen LogP contribution in [0.25, 0.3) is 22.0 Å². The van der Waals surface area contributed by atoms with Crippen LogP contribution in [-0.2, 0) is 16.6 Å². The van der Waals surface area contributed by atoms with Crippen LogP contribution in [0, 0.1) is 0 Å². The predicted molar refractivity (Wildman–Crippen MR) is 114 cm³/mol. The van der Waals surface area contributed by atoms with E-state index in [9.17, 15) is 8.42 Å². The molecular formula is C21H28N4O2S. The van der Waals surface area contributed by atoms with E-state index in [0.29, 0.717) is 19.0 Å². The fourth-order valence-electron chi connectivity index (χ4n) is 3.25. The molecule has 0 spiro atoms. The molecule has 3 aromatic rings. The summed E-state index contributed by atoms with van der Waals surface area (Å²) >= 11 is 0. The van der Waals surface area contributed by atoms with Crippen molar-refractivity contribution in [3.8, 4) is 11.1 Å². The second kappa shape index (κ2) is 8.43. The lowest BCUT2D eigenvalue weighted by Gasteiger charge is -2.13. The van der Waals surface area contributed by atoms with Crippen molar-refractivity contribution in [3.05, 3.63) is 54.5 Å². The molecule has 6 nitrogen and oxygen atoms in total. The molecule has 0 aliphatic rings. The number of pyridine rings is 1. The van der Waals surface area contributed by atoms with Gasteiger partial charge in [0.15, 0.2) is 0 Å². The highest BCUT2D eigenvalue weighted by molar-refractivity contribution is 7.87. The zero-order chi connectivity index (χ0) is 20.3. The van der Waals surface area contributed by atoms with Gasteiger partial charge in [0.05, 0.1) is 0 Å². The molecule has 150 valence electrons. The number of nitrogens with one attached hydrogen (secondary N) is 1. The molecule has 1 unspecified atom stereocenters. The maximum absolute atomic E-state index is 11.9. The average molecular weight is 401 g/mol. The minimum absolute atomic E-state index is 0.363. The molecule has 1 N–H and O–H groups in total. The summed E-state index contributed by atoms with van der Waals surface area (Å²) in [5.74, 6) is 0. The molecule has 0 radical (unpaired) electrons. The SMILES string of the molecule is CCC(C)n1cc(CCNS(=O)(=O)N(C)C)c2ccc(-c3ccncc3)cc21. The van der Waals surface area contributed by atoms with Gasteiger partial charge in [0, 0.05) is 56.2 Å². The van der Waals surface area contributed by atoms with E-state index in [1.54, 1.807) is 12.4 Å². The Hall–Kier alpha value is -2.22. The highest BCUT2D eigenvalue weighted by Gasteiger charge is 2.15. The van der Waals surface area contributed by atoms with Gasteiger partial charge in [-0.2, -0.15) is 12.7 Å². The molecule has 0 saturated heterocycles. The quantitative estimate of drug-likeness (QED) is 0.628.